The average molecular weight is 439 g/mol. The summed E-state index contributed by atoms with van der Waals surface area (Å²) in [5.41, 5.74) is 1.91. The SMILES string of the molecule is O=C(Cc1ccccc1)Nc1nn(Cc2ccc(Cl)c(Cl)c2)cc1Br. The molecule has 0 atom stereocenters. The molecule has 3 rings (SSSR count). The maximum absolute atomic E-state index is 12.2. The smallest absolute Gasteiger partial charge is 0.230 e. The molecule has 0 aliphatic rings. The summed E-state index contributed by atoms with van der Waals surface area (Å²) in [4.78, 5) is 12.2. The van der Waals surface area contributed by atoms with Crippen molar-refractivity contribution in [3.8, 4) is 0 Å². The summed E-state index contributed by atoms with van der Waals surface area (Å²) in [6, 6.07) is 15.0. The third-order valence-corrected chi connectivity index (χ3v) is 4.83. The molecule has 0 radical (unpaired) electrons. The van der Waals surface area contributed by atoms with Crippen LogP contribution >= 0.6 is 39.1 Å². The summed E-state index contributed by atoms with van der Waals surface area (Å²) in [5.74, 6) is 0.368. The molecule has 0 aliphatic heterocycles. The van der Waals surface area contributed by atoms with E-state index in [4.69, 9.17) is 23.2 Å². The summed E-state index contributed by atoms with van der Waals surface area (Å²) >= 11 is 15.4. The van der Waals surface area contributed by atoms with Gasteiger partial charge in [0.25, 0.3) is 0 Å². The highest BCUT2D eigenvalue weighted by molar-refractivity contribution is 9.10. The lowest BCUT2D eigenvalue weighted by atomic mass is 10.1. The molecule has 0 spiro atoms. The maximum atomic E-state index is 12.2. The first-order valence-corrected chi connectivity index (χ1v) is 9.07. The van der Waals surface area contributed by atoms with Gasteiger partial charge in [-0.15, -0.1) is 0 Å². The summed E-state index contributed by atoms with van der Waals surface area (Å²) in [6.45, 7) is 0.518. The fraction of sp³-hybridized carbons (Fsp3) is 0.111. The molecule has 0 saturated heterocycles. The first kappa shape index (κ1) is 18.0. The number of benzene rings is 2. The predicted molar refractivity (Wildman–Crippen MR) is 104 cm³/mol. The molecule has 3 aromatic rings. The van der Waals surface area contributed by atoms with Crippen molar-refractivity contribution in [2.45, 2.75) is 13.0 Å². The fourth-order valence-corrected chi connectivity index (χ4v) is 3.08. The topological polar surface area (TPSA) is 46.9 Å². The van der Waals surface area contributed by atoms with Crippen molar-refractivity contribution in [3.05, 3.63) is 80.4 Å². The van der Waals surface area contributed by atoms with Crippen LogP contribution in [0.2, 0.25) is 10.0 Å². The Morgan fingerprint density at radius 1 is 1.08 bits per heavy atom. The minimum absolute atomic E-state index is 0.119. The van der Waals surface area contributed by atoms with E-state index >= 15 is 0 Å². The molecule has 1 heterocycles. The second-order valence-corrected chi connectivity index (χ2v) is 7.15. The van der Waals surface area contributed by atoms with Gasteiger partial charge in [0.2, 0.25) is 5.91 Å². The number of hydrogen-bond acceptors (Lipinski definition) is 2. The molecule has 1 amide bonds. The largest absolute Gasteiger partial charge is 0.308 e. The van der Waals surface area contributed by atoms with E-state index in [0.717, 1.165) is 11.1 Å². The number of amides is 1. The molecule has 0 fully saturated rings. The van der Waals surface area contributed by atoms with Crippen LogP contribution in [0.1, 0.15) is 11.1 Å². The van der Waals surface area contributed by atoms with Gasteiger partial charge < -0.3 is 5.32 Å². The molecule has 1 N–H and O–H groups in total. The highest BCUT2D eigenvalue weighted by Crippen LogP contribution is 2.24. The minimum atomic E-state index is -0.119. The molecule has 0 aliphatic carbocycles. The van der Waals surface area contributed by atoms with Crippen molar-refractivity contribution in [2.75, 3.05) is 5.32 Å². The van der Waals surface area contributed by atoms with Gasteiger partial charge in [-0.1, -0.05) is 59.6 Å². The van der Waals surface area contributed by atoms with Crippen LogP contribution in [-0.4, -0.2) is 15.7 Å². The first-order chi connectivity index (χ1) is 12.0. The van der Waals surface area contributed by atoms with Gasteiger partial charge >= 0.3 is 0 Å². The van der Waals surface area contributed by atoms with Gasteiger partial charge in [-0.2, -0.15) is 5.10 Å². The van der Waals surface area contributed by atoms with Crippen molar-refractivity contribution in [2.24, 2.45) is 0 Å². The number of carbonyl (C=O) groups excluding carboxylic acids is 1. The zero-order valence-corrected chi connectivity index (χ0v) is 16.1. The van der Waals surface area contributed by atoms with E-state index in [0.29, 0.717) is 33.3 Å². The third-order valence-electron chi connectivity index (χ3n) is 3.51. The number of rotatable bonds is 5. The van der Waals surface area contributed by atoms with Crippen LogP contribution in [0.15, 0.2) is 59.2 Å². The number of carbonyl (C=O) groups is 1. The Bertz CT molecular complexity index is 897. The zero-order valence-electron chi connectivity index (χ0n) is 13.0. The third kappa shape index (κ3) is 4.84. The summed E-state index contributed by atoms with van der Waals surface area (Å²) in [7, 11) is 0. The highest BCUT2D eigenvalue weighted by atomic mass is 79.9. The van der Waals surface area contributed by atoms with Crippen LogP contribution < -0.4 is 5.32 Å². The lowest BCUT2D eigenvalue weighted by molar-refractivity contribution is -0.115. The summed E-state index contributed by atoms with van der Waals surface area (Å²) < 4.78 is 2.44. The van der Waals surface area contributed by atoms with Gasteiger partial charge in [-0.05, 0) is 39.2 Å². The lowest BCUT2D eigenvalue weighted by Gasteiger charge is -2.04. The quantitative estimate of drug-likeness (QED) is 0.596. The molecule has 2 aromatic carbocycles. The number of anilines is 1. The van der Waals surface area contributed by atoms with E-state index in [2.05, 4.69) is 26.3 Å². The van der Waals surface area contributed by atoms with E-state index in [-0.39, 0.29) is 5.91 Å². The summed E-state index contributed by atoms with van der Waals surface area (Å²) in [6.07, 6.45) is 2.10. The maximum Gasteiger partial charge on any atom is 0.230 e. The second-order valence-electron chi connectivity index (χ2n) is 5.48. The zero-order chi connectivity index (χ0) is 17.8. The van der Waals surface area contributed by atoms with Crippen molar-refractivity contribution in [1.29, 1.82) is 0 Å². The number of hydrogen-bond donors (Lipinski definition) is 1. The van der Waals surface area contributed by atoms with Crippen LogP contribution in [0.25, 0.3) is 0 Å². The Morgan fingerprint density at radius 3 is 2.56 bits per heavy atom. The first-order valence-electron chi connectivity index (χ1n) is 7.52. The Morgan fingerprint density at radius 2 is 1.84 bits per heavy atom. The molecule has 128 valence electrons. The summed E-state index contributed by atoms with van der Waals surface area (Å²) in [5, 5.41) is 8.24. The van der Waals surface area contributed by atoms with Crippen molar-refractivity contribution in [3.63, 3.8) is 0 Å². The predicted octanol–water partition coefficient (Wildman–Crippen LogP) is 5.18. The number of aromatic nitrogens is 2. The van der Waals surface area contributed by atoms with E-state index in [1.54, 1.807) is 23.0 Å². The van der Waals surface area contributed by atoms with Crippen molar-refractivity contribution >= 4 is 50.9 Å². The monoisotopic (exact) mass is 437 g/mol. The lowest BCUT2D eigenvalue weighted by Crippen LogP contribution is -2.15. The average Bonchev–Trinajstić information content (AvgIpc) is 2.91. The van der Waals surface area contributed by atoms with Gasteiger partial charge in [-0.25, -0.2) is 0 Å². The van der Waals surface area contributed by atoms with Crippen LogP contribution in [0.5, 0.6) is 0 Å². The molecular weight excluding hydrogens is 425 g/mol. The van der Waals surface area contributed by atoms with Crippen molar-refractivity contribution < 1.29 is 4.79 Å². The van der Waals surface area contributed by atoms with Gasteiger partial charge in [0.05, 0.1) is 27.5 Å². The van der Waals surface area contributed by atoms with Crippen LogP contribution in [-0.2, 0) is 17.8 Å². The number of nitrogens with zero attached hydrogens (tertiary/aromatic N) is 2. The van der Waals surface area contributed by atoms with E-state index in [9.17, 15) is 4.79 Å². The highest BCUT2D eigenvalue weighted by Gasteiger charge is 2.11. The fourth-order valence-electron chi connectivity index (χ4n) is 2.35. The normalized spacial score (nSPS) is 10.7. The van der Waals surface area contributed by atoms with Gasteiger partial charge in [0.15, 0.2) is 5.82 Å². The molecular formula is C18H14BrCl2N3O. The standard InChI is InChI=1S/C18H14BrCl2N3O/c19-14-11-24(10-13-6-7-15(20)16(21)8-13)23-18(14)22-17(25)9-12-4-2-1-3-5-12/h1-8,11H,9-10H2,(H,22,23,25). The van der Waals surface area contributed by atoms with E-state index in [1.165, 1.54) is 0 Å². The Kier molecular flexibility index (Phi) is 5.78. The molecule has 0 saturated carbocycles. The van der Waals surface area contributed by atoms with Crippen LogP contribution in [0.3, 0.4) is 0 Å². The number of nitrogens with one attached hydrogen (secondary N) is 1. The molecule has 7 heteroatoms. The van der Waals surface area contributed by atoms with Crippen LogP contribution in [0.4, 0.5) is 5.82 Å². The second kappa shape index (κ2) is 8.04. The minimum Gasteiger partial charge on any atom is -0.308 e. The Labute approximate surface area is 163 Å². The van der Waals surface area contributed by atoms with E-state index < -0.39 is 0 Å². The van der Waals surface area contributed by atoms with Gasteiger partial charge in [0.1, 0.15) is 0 Å². The van der Waals surface area contributed by atoms with Crippen LogP contribution in [0, 0.1) is 0 Å². The molecule has 0 bridgehead atoms. The Balaban J connectivity index is 1.67. The van der Waals surface area contributed by atoms with Gasteiger partial charge in [0, 0.05) is 6.20 Å². The van der Waals surface area contributed by atoms with E-state index in [1.807, 2.05) is 36.4 Å². The molecule has 0 unspecified atom stereocenters. The number of halogens is 3. The molecule has 4 nitrogen and oxygen atoms in total. The molecule has 25 heavy (non-hydrogen) atoms. The Hall–Kier alpha value is -1.82. The van der Waals surface area contributed by atoms with Gasteiger partial charge in [-0.3, -0.25) is 9.48 Å². The van der Waals surface area contributed by atoms with Crippen molar-refractivity contribution in [1.82, 2.24) is 9.78 Å². The molecule has 1 aromatic heterocycles.